The lowest BCUT2D eigenvalue weighted by Crippen LogP contribution is -2.24. The largest absolute Gasteiger partial charge is 0.433 e. The van der Waals surface area contributed by atoms with Gasteiger partial charge in [0.05, 0.1) is 5.56 Å². The quantitative estimate of drug-likeness (QED) is 0.874. The third kappa shape index (κ3) is 4.30. The van der Waals surface area contributed by atoms with Crippen molar-refractivity contribution < 1.29 is 18.0 Å². The van der Waals surface area contributed by atoms with Gasteiger partial charge in [-0.1, -0.05) is 0 Å². The van der Waals surface area contributed by atoms with Gasteiger partial charge in [0.15, 0.2) is 0 Å². The molecule has 0 saturated carbocycles. The smallest absolute Gasteiger partial charge is 0.366 e. The number of amides is 1. The second-order valence-corrected chi connectivity index (χ2v) is 4.87. The molecular weight excluding hydrogens is 279 g/mol. The summed E-state index contributed by atoms with van der Waals surface area (Å²) >= 11 is 1.52. The van der Waals surface area contributed by atoms with E-state index in [4.69, 9.17) is 5.73 Å². The minimum Gasteiger partial charge on any atom is -0.366 e. The summed E-state index contributed by atoms with van der Waals surface area (Å²) in [5, 5.41) is 2.77. The third-order valence-corrected chi connectivity index (χ3v) is 3.08. The summed E-state index contributed by atoms with van der Waals surface area (Å²) in [6, 6.07) is 1.64. The average Bonchev–Trinajstić information content (AvgIpc) is 2.27. The lowest BCUT2D eigenvalue weighted by molar-refractivity contribution is -0.141. The molecule has 0 aromatic carbocycles. The summed E-state index contributed by atoms with van der Waals surface area (Å²) in [4.78, 5) is 14.6. The normalized spacial score (nSPS) is 13.1. The van der Waals surface area contributed by atoms with Crippen LogP contribution in [-0.4, -0.2) is 28.9 Å². The van der Waals surface area contributed by atoms with E-state index in [0.29, 0.717) is 5.75 Å². The van der Waals surface area contributed by atoms with E-state index in [1.54, 1.807) is 6.92 Å². The Morgan fingerprint density at radius 3 is 2.63 bits per heavy atom. The van der Waals surface area contributed by atoms with Crippen molar-refractivity contribution in [2.24, 2.45) is 5.73 Å². The summed E-state index contributed by atoms with van der Waals surface area (Å²) in [7, 11) is 0. The van der Waals surface area contributed by atoms with Gasteiger partial charge in [-0.3, -0.25) is 4.79 Å². The molecule has 1 unspecified atom stereocenters. The van der Waals surface area contributed by atoms with Crippen LogP contribution in [0.4, 0.5) is 19.0 Å². The third-order valence-electron chi connectivity index (χ3n) is 2.25. The Kier molecular flexibility index (Phi) is 5.04. The van der Waals surface area contributed by atoms with Crippen molar-refractivity contribution >= 4 is 23.5 Å². The molecule has 0 radical (unpaired) electrons. The predicted molar refractivity (Wildman–Crippen MR) is 69.2 cm³/mol. The van der Waals surface area contributed by atoms with Gasteiger partial charge < -0.3 is 11.1 Å². The molecule has 0 saturated heterocycles. The van der Waals surface area contributed by atoms with Gasteiger partial charge in [-0.15, -0.1) is 0 Å². The molecule has 1 heterocycles. The van der Waals surface area contributed by atoms with E-state index in [1.165, 1.54) is 11.8 Å². The fourth-order valence-electron chi connectivity index (χ4n) is 1.45. The van der Waals surface area contributed by atoms with Gasteiger partial charge in [0, 0.05) is 11.8 Å². The summed E-state index contributed by atoms with van der Waals surface area (Å²) in [5.74, 6) is -0.292. The minimum atomic E-state index is -4.56. The van der Waals surface area contributed by atoms with Gasteiger partial charge in [0.1, 0.15) is 11.5 Å². The van der Waals surface area contributed by atoms with Gasteiger partial charge in [0.2, 0.25) is 0 Å². The molecule has 0 aliphatic rings. The minimum absolute atomic E-state index is 0.0547. The number of anilines is 1. The van der Waals surface area contributed by atoms with Crippen molar-refractivity contribution in [3.05, 3.63) is 23.4 Å². The molecule has 8 heteroatoms. The number of carbonyl (C=O) groups excluding carboxylic acids is 1. The monoisotopic (exact) mass is 293 g/mol. The van der Waals surface area contributed by atoms with Gasteiger partial charge in [-0.05, 0) is 25.3 Å². The van der Waals surface area contributed by atoms with Crippen LogP contribution in [-0.2, 0) is 6.18 Å². The van der Waals surface area contributed by atoms with Gasteiger partial charge in [-0.25, -0.2) is 4.98 Å². The molecule has 0 fully saturated rings. The molecule has 106 valence electrons. The maximum Gasteiger partial charge on any atom is 0.433 e. The highest BCUT2D eigenvalue weighted by molar-refractivity contribution is 7.98. The van der Waals surface area contributed by atoms with E-state index in [9.17, 15) is 18.0 Å². The first-order valence-electron chi connectivity index (χ1n) is 5.39. The molecule has 1 rings (SSSR count). The highest BCUT2D eigenvalue weighted by Gasteiger charge is 2.33. The highest BCUT2D eigenvalue weighted by Crippen LogP contribution is 2.29. The molecule has 1 amide bonds. The first-order chi connectivity index (χ1) is 8.75. The SMILES string of the molecule is CSCC(C)Nc1nc(C(F)(F)F)ccc1C(N)=O. The average molecular weight is 293 g/mol. The Morgan fingerprint density at radius 2 is 2.16 bits per heavy atom. The number of alkyl halides is 3. The van der Waals surface area contributed by atoms with Crippen molar-refractivity contribution in [2.75, 3.05) is 17.3 Å². The topological polar surface area (TPSA) is 68.0 Å². The number of aromatic nitrogens is 1. The summed E-state index contributed by atoms with van der Waals surface area (Å²) < 4.78 is 37.7. The van der Waals surface area contributed by atoms with Crippen LogP contribution in [0.5, 0.6) is 0 Å². The maximum atomic E-state index is 12.6. The predicted octanol–water partition coefficient (Wildman–Crippen LogP) is 2.36. The molecule has 0 aliphatic carbocycles. The second kappa shape index (κ2) is 6.14. The molecule has 4 nitrogen and oxygen atoms in total. The van der Waals surface area contributed by atoms with Crippen LogP contribution in [0.2, 0.25) is 0 Å². The second-order valence-electron chi connectivity index (χ2n) is 3.96. The van der Waals surface area contributed by atoms with Crippen molar-refractivity contribution in [1.82, 2.24) is 4.98 Å². The number of thioether (sulfide) groups is 1. The lowest BCUT2D eigenvalue weighted by atomic mass is 10.2. The van der Waals surface area contributed by atoms with Gasteiger partial charge in [0.25, 0.3) is 5.91 Å². The molecule has 1 aromatic heterocycles. The number of nitrogens with zero attached hydrogens (tertiary/aromatic N) is 1. The number of pyridine rings is 1. The molecule has 0 bridgehead atoms. The molecule has 19 heavy (non-hydrogen) atoms. The van der Waals surface area contributed by atoms with Gasteiger partial charge >= 0.3 is 6.18 Å². The Morgan fingerprint density at radius 1 is 1.53 bits per heavy atom. The van der Waals surface area contributed by atoms with Crippen LogP contribution in [0.3, 0.4) is 0 Å². The number of hydrogen-bond donors (Lipinski definition) is 2. The Hall–Kier alpha value is -1.44. The number of primary amides is 1. The van der Waals surface area contributed by atoms with E-state index in [-0.39, 0.29) is 17.4 Å². The van der Waals surface area contributed by atoms with Crippen molar-refractivity contribution in [3.8, 4) is 0 Å². The lowest BCUT2D eigenvalue weighted by Gasteiger charge is -2.16. The van der Waals surface area contributed by atoms with Crippen LogP contribution in [0, 0.1) is 0 Å². The number of hydrogen-bond acceptors (Lipinski definition) is 4. The molecule has 0 aliphatic heterocycles. The number of rotatable bonds is 5. The maximum absolute atomic E-state index is 12.6. The van der Waals surface area contributed by atoms with Crippen LogP contribution >= 0.6 is 11.8 Å². The fraction of sp³-hybridized carbons (Fsp3) is 0.455. The van der Waals surface area contributed by atoms with Crippen molar-refractivity contribution in [1.29, 1.82) is 0 Å². The van der Waals surface area contributed by atoms with E-state index < -0.39 is 17.8 Å². The number of halogens is 3. The Bertz CT molecular complexity index is 465. The van der Waals surface area contributed by atoms with Crippen LogP contribution in [0.1, 0.15) is 23.0 Å². The van der Waals surface area contributed by atoms with Crippen LogP contribution in [0.25, 0.3) is 0 Å². The van der Waals surface area contributed by atoms with E-state index in [1.807, 2.05) is 6.26 Å². The molecule has 3 N–H and O–H groups in total. The van der Waals surface area contributed by atoms with Crippen molar-refractivity contribution in [3.63, 3.8) is 0 Å². The van der Waals surface area contributed by atoms with Crippen LogP contribution in [0.15, 0.2) is 12.1 Å². The van der Waals surface area contributed by atoms with Crippen molar-refractivity contribution in [2.45, 2.75) is 19.1 Å². The molecule has 1 aromatic rings. The molecular formula is C11H14F3N3OS. The van der Waals surface area contributed by atoms with E-state index in [0.717, 1.165) is 12.1 Å². The molecule has 1 atom stereocenters. The zero-order valence-electron chi connectivity index (χ0n) is 10.4. The number of nitrogens with one attached hydrogen (secondary N) is 1. The zero-order chi connectivity index (χ0) is 14.6. The fourth-order valence-corrected chi connectivity index (χ4v) is 2.03. The van der Waals surface area contributed by atoms with E-state index in [2.05, 4.69) is 10.3 Å². The highest BCUT2D eigenvalue weighted by atomic mass is 32.2. The first kappa shape index (κ1) is 15.6. The standard InChI is InChI=1S/C11H14F3N3OS/c1-6(5-19-2)16-10-7(9(15)18)3-4-8(17-10)11(12,13)14/h3-4,6H,5H2,1-2H3,(H2,15,18)(H,16,17). The van der Waals surface area contributed by atoms with E-state index >= 15 is 0 Å². The number of nitrogens with two attached hydrogens (primary N) is 1. The summed E-state index contributed by atoms with van der Waals surface area (Å²) in [6.45, 7) is 1.78. The summed E-state index contributed by atoms with van der Waals surface area (Å²) in [5.41, 5.74) is 4.00. The Balaban J connectivity index is 3.12. The van der Waals surface area contributed by atoms with Crippen LogP contribution < -0.4 is 11.1 Å². The zero-order valence-corrected chi connectivity index (χ0v) is 11.2. The van der Waals surface area contributed by atoms with Gasteiger partial charge in [-0.2, -0.15) is 24.9 Å². The first-order valence-corrected chi connectivity index (χ1v) is 6.78. The summed E-state index contributed by atoms with van der Waals surface area (Å²) in [6.07, 6.45) is -2.69. The number of carbonyl (C=O) groups is 1. The Labute approximate surface area is 113 Å². The molecule has 0 spiro atoms.